The Kier molecular flexibility index (Phi) is 4.78. The summed E-state index contributed by atoms with van der Waals surface area (Å²) in [5.41, 5.74) is 3.39. The van der Waals surface area contributed by atoms with E-state index >= 15 is 0 Å². The fourth-order valence-electron chi connectivity index (χ4n) is 3.44. The number of hydrogen-bond acceptors (Lipinski definition) is 4. The van der Waals surface area contributed by atoms with E-state index in [1.54, 1.807) is 25.1 Å². The molecular formula is C22H25FN2O2S. The van der Waals surface area contributed by atoms with Crippen molar-refractivity contribution in [1.82, 2.24) is 9.38 Å². The molecule has 0 atom stereocenters. The Balaban J connectivity index is 1.86. The summed E-state index contributed by atoms with van der Waals surface area (Å²) >= 11 is 1.73. The maximum atomic E-state index is 14.7. The highest BCUT2D eigenvalue weighted by Gasteiger charge is 2.29. The topological polar surface area (TPSA) is 35.8 Å². The predicted octanol–water partition coefficient (Wildman–Crippen LogP) is 5.93. The summed E-state index contributed by atoms with van der Waals surface area (Å²) in [6, 6.07) is 5.51. The minimum Gasteiger partial charge on any atom is -0.495 e. The standard InChI is InChI=1S/C22H25FN2O2S/c1-22(2,3)28-19-12-25-17(11-24-20(25)10-18(19)26-4)14-8-15(13-6-7-13)21(27-5)16(23)9-14/h8-13H,6-7H2,1-5H3. The Hall–Kier alpha value is -2.21. The molecule has 1 aliphatic carbocycles. The van der Waals surface area contributed by atoms with Gasteiger partial charge in [-0.3, -0.25) is 4.40 Å². The molecule has 0 amide bonds. The summed E-state index contributed by atoms with van der Waals surface area (Å²) < 4.78 is 27.7. The quantitative estimate of drug-likeness (QED) is 0.498. The summed E-state index contributed by atoms with van der Waals surface area (Å²) in [5.74, 6) is 1.22. The van der Waals surface area contributed by atoms with Crippen LogP contribution in [0, 0.1) is 5.82 Å². The van der Waals surface area contributed by atoms with Gasteiger partial charge >= 0.3 is 0 Å². The molecule has 2 heterocycles. The largest absolute Gasteiger partial charge is 0.495 e. The van der Waals surface area contributed by atoms with Crippen LogP contribution in [-0.2, 0) is 0 Å². The number of methoxy groups -OCH3 is 2. The van der Waals surface area contributed by atoms with Gasteiger partial charge in [0.15, 0.2) is 11.6 Å². The van der Waals surface area contributed by atoms with E-state index < -0.39 is 0 Å². The zero-order valence-electron chi connectivity index (χ0n) is 16.9. The lowest BCUT2D eigenvalue weighted by atomic mass is 10.0. The van der Waals surface area contributed by atoms with Crippen molar-refractivity contribution < 1.29 is 13.9 Å². The van der Waals surface area contributed by atoms with E-state index in [4.69, 9.17) is 9.47 Å². The minimum absolute atomic E-state index is 0.0348. The van der Waals surface area contributed by atoms with Gasteiger partial charge in [0.05, 0.1) is 31.0 Å². The van der Waals surface area contributed by atoms with Crippen LogP contribution in [0.1, 0.15) is 45.1 Å². The number of pyridine rings is 1. The summed E-state index contributed by atoms with van der Waals surface area (Å²) in [4.78, 5) is 5.55. The van der Waals surface area contributed by atoms with Crippen LogP contribution < -0.4 is 9.47 Å². The van der Waals surface area contributed by atoms with Crippen LogP contribution in [0.25, 0.3) is 16.9 Å². The van der Waals surface area contributed by atoms with Crippen LogP contribution >= 0.6 is 11.8 Å². The summed E-state index contributed by atoms with van der Waals surface area (Å²) in [7, 11) is 3.20. The first-order valence-corrected chi connectivity index (χ1v) is 10.2. The van der Waals surface area contributed by atoms with E-state index in [2.05, 4.69) is 25.8 Å². The molecule has 0 aliphatic heterocycles. The zero-order valence-corrected chi connectivity index (χ0v) is 17.7. The zero-order chi connectivity index (χ0) is 20.1. The molecule has 4 rings (SSSR count). The van der Waals surface area contributed by atoms with Crippen molar-refractivity contribution in [3.63, 3.8) is 0 Å². The number of fused-ring (bicyclic) bond motifs is 1. The third-order valence-corrected chi connectivity index (χ3v) is 5.94. The molecule has 0 bridgehead atoms. The van der Waals surface area contributed by atoms with E-state index in [-0.39, 0.29) is 10.6 Å². The van der Waals surface area contributed by atoms with Gasteiger partial charge < -0.3 is 9.47 Å². The summed E-state index contributed by atoms with van der Waals surface area (Å²) in [6.07, 6.45) is 5.98. The highest BCUT2D eigenvalue weighted by atomic mass is 32.2. The second kappa shape index (κ2) is 6.99. The second-order valence-corrected chi connectivity index (χ2v) is 10.0. The number of hydrogen-bond donors (Lipinski definition) is 0. The monoisotopic (exact) mass is 400 g/mol. The van der Waals surface area contributed by atoms with Crippen LogP contribution in [0.15, 0.2) is 35.5 Å². The van der Waals surface area contributed by atoms with E-state index in [0.717, 1.165) is 46.0 Å². The first kappa shape index (κ1) is 19.1. The fraction of sp³-hybridized carbons (Fsp3) is 0.409. The average molecular weight is 401 g/mol. The van der Waals surface area contributed by atoms with Crippen molar-refractivity contribution in [1.29, 1.82) is 0 Å². The third kappa shape index (κ3) is 3.58. The van der Waals surface area contributed by atoms with Gasteiger partial charge in [-0.25, -0.2) is 9.37 Å². The summed E-state index contributed by atoms with van der Waals surface area (Å²) in [6.45, 7) is 6.49. The fourth-order valence-corrected chi connectivity index (χ4v) is 4.50. The number of halogens is 1. The van der Waals surface area contributed by atoms with E-state index in [1.165, 1.54) is 13.2 Å². The molecule has 0 radical (unpaired) electrons. The molecule has 148 valence electrons. The number of nitrogens with zero attached hydrogens (tertiary/aromatic N) is 2. The van der Waals surface area contributed by atoms with Crippen molar-refractivity contribution >= 4 is 17.4 Å². The molecule has 6 heteroatoms. The molecular weight excluding hydrogens is 375 g/mol. The van der Waals surface area contributed by atoms with Crippen molar-refractivity contribution in [2.45, 2.75) is 49.2 Å². The Labute approximate surface area is 169 Å². The van der Waals surface area contributed by atoms with Crippen molar-refractivity contribution in [3.8, 4) is 22.8 Å². The van der Waals surface area contributed by atoms with Crippen LogP contribution in [0.2, 0.25) is 0 Å². The molecule has 3 aromatic rings. The Morgan fingerprint density at radius 3 is 2.50 bits per heavy atom. The van der Waals surface area contributed by atoms with Crippen LogP contribution in [0.3, 0.4) is 0 Å². The molecule has 2 aromatic heterocycles. The molecule has 28 heavy (non-hydrogen) atoms. The van der Waals surface area contributed by atoms with Gasteiger partial charge in [0.25, 0.3) is 0 Å². The van der Waals surface area contributed by atoms with Crippen LogP contribution in [0.5, 0.6) is 11.5 Å². The maximum absolute atomic E-state index is 14.7. The smallest absolute Gasteiger partial charge is 0.166 e. The van der Waals surface area contributed by atoms with Crippen LogP contribution in [-0.4, -0.2) is 28.4 Å². The molecule has 4 nitrogen and oxygen atoms in total. The molecule has 0 unspecified atom stereocenters. The number of ether oxygens (including phenoxy) is 2. The Morgan fingerprint density at radius 2 is 1.89 bits per heavy atom. The first-order valence-electron chi connectivity index (χ1n) is 9.42. The van der Waals surface area contributed by atoms with E-state index in [1.807, 2.05) is 22.7 Å². The van der Waals surface area contributed by atoms with Crippen molar-refractivity contribution in [2.24, 2.45) is 0 Å². The summed E-state index contributed by atoms with van der Waals surface area (Å²) in [5, 5.41) is 0. The number of rotatable bonds is 5. The maximum Gasteiger partial charge on any atom is 0.166 e. The van der Waals surface area contributed by atoms with E-state index in [0.29, 0.717) is 11.7 Å². The van der Waals surface area contributed by atoms with E-state index in [9.17, 15) is 4.39 Å². The lowest BCUT2D eigenvalue weighted by molar-refractivity contribution is 0.381. The molecule has 1 saturated carbocycles. The van der Waals surface area contributed by atoms with Gasteiger partial charge in [-0.15, -0.1) is 11.8 Å². The molecule has 1 aliphatic rings. The highest BCUT2D eigenvalue weighted by Crippen LogP contribution is 2.47. The van der Waals surface area contributed by atoms with Gasteiger partial charge in [-0.2, -0.15) is 0 Å². The molecule has 0 N–H and O–H groups in total. The number of aromatic nitrogens is 2. The lowest BCUT2D eigenvalue weighted by Gasteiger charge is -2.20. The second-order valence-electron chi connectivity index (χ2n) is 8.15. The van der Waals surface area contributed by atoms with Crippen LogP contribution in [0.4, 0.5) is 4.39 Å². The molecule has 0 spiro atoms. The predicted molar refractivity (Wildman–Crippen MR) is 111 cm³/mol. The average Bonchev–Trinajstić information content (AvgIpc) is 3.39. The van der Waals surface area contributed by atoms with Gasteiger partial charge in [0, 0.05) is 28.1 Å². The van der Waals surface area contributed by atoms with Gasteiger partial charge in [-0.05, 0) is 30.9 Å². The van der Waals surface area contributed by atoms with Crippen molar-refractivity contribution in [2.75, 3.05) is 14.2 Å². The van der Waals surface area contributed by atoms with Crippen molar-refractivity contribution in [3.05, 3.63) is 42.0 Å². The third-order valence-electron chi connectivity index (χ3n) is 4.80. The Bertz CT molecular complexity index is 1040. The molecule has 1 fully saturated rings. The minimum atomic E-state index is -0.324. The SMILES string of the molecule is COc1cc2ncc(-c3cc(F)c(OC)c(C4CC4)c3)n2cc1SC(C)(C)C. The van der Waals surface area contributed by atoms with Gasteiger partial charge in [-0.1, -0.05) is 20.8 Å². The normalized spacial score (nSPS) is 14.5. The molecule has 1 aromatic carbocycles. The van der Waals surface area contributed by atoms with Gasteiger partial charge in [0.1, 0.15) is 11.4 Å². The highest BCUT2D eigenvalue weighted by molar-refractivity contribution is 8.00. The number of thioether (sulfide) groups is 1. The number of imidazole rings is 1. The molecule has 0 saturated heterocycles. The first-order chi connectivity index (χ1) is 13.3. The Morgan fingerprint density at radius 1 is 1.14 bits per heavy atom. The number of benzene rings is 1. The lowest BCUT2D eigenvalue weighted by Crippen LogP contribution is -2.07. The van der Waals surface area contributed by atoms with Gasteiger partial charge in [0.2, 0.25) is 0 Å².